The summed E-state index contributed by atoms with van der Waals surface area (Å²) in [6, 6.07) is 7.75. The van der Waals surface area contributed by atoms with Gasteiger partial charge in [-0.3, -0.25) is 4.98 Å². The third kappa shape index (κ3) is 4.26. The lowest BCUT2D eigenvalue weighted by Gasteiger charge is -2.13. The minimum absolute atomic E-state index is 0.604. The molecule has 0 atom stereocenters. The summed E-state index contributed by atoms with van der Waals surface area (Å²) < 4.78 is 11.0. The monoisotopic (exact) mass is 306 g/mol. The summed E-state index contributed by atoms with van der Waals surface area (Å²) in [5, 5.41) is 3.88. The molecule has 21 heavy (non-hydrogen) atoms. The first-order chi connectivity index (χ1) is 10.2. The highest BCUT2D eigenvalue weighted by Gasteiger charge is 2.06. The molecule has 1 aromatic carbocycles. The standard InChI is InChI=1S/C16H19ClN2O2/c1-3-8-21-15-5-4-12(9-16(15)20-2)10-19-14-6-7-18-11-13(14)17/h4-7,9,11H,3,8,10H2,1-2H3,(H,18,19). The summed E-state index contributed by atoms with van der Waals surface area (Å²) in [6.07, 6.45) is 4.29. The highest BCUT2D eigenvalue weighted by Crippen LogP contribution is 2.29. The Bertz CT molecular complexity index is 590. The van der Waals surface area contributed by atoms with Crippen molar-refractivity contribution in [1.82, 2.24) is 4.98 Å². The number of ether oxygens (including phenoxy) is 2. The van der Waals surface area contributed by atoms with Gasteiger partial charge in [0.15, 0.2) is 11.5 Å². The molecule has 0 spiro atoms. The molecule has 5 heteroatoms. The highest BCUT2D eigenvalue weighted by atomic mass is 35.5. The van der Waals surface area contributed by atoms with E-state index in [4.69, 9.17) is 21.1 Å². The van der Waals surface area contributed by atoms with Crippen LogP contribution in [0, 0.1) is 0 Å². The molecule has 0 amide bonds. The van der Waals surface area contributed by atoms with Gasteiger partial charge in [-0.25, -0.2) is 0 Å². The molecule has 0 aliphatic heterocycles. The average molecular weight is 307 g/mol. The Labute approximate surface area is 130 Å². The third-order valence-corrected chi connectivity index (χ3v) is 3.25. The summed E-state index contributed by atoms with van der Waals surface area (Å²) in [4.78, 5) is 3.96. The van der Waals surface area contributed by atoms with Crippen molar-refractivity contribution in [2.24, 2.45) is 0 Å². The van der Waals surface area contributed by atoms with Crippen LogP contribution in [-0.2, 0) is 6.54 Å². The maximum Gasteiger partial charge on any atom is 0.161 e. The number of hydrogen-bond acceptors (Lipinski definition) is 4. The van der Waals surface area contributed by atoms with Gasteiger partial charge in [0.1, 0.15) is 0 Å². The van der Waals surface area contributed by atoms with Gasteiger partial charge in [-0.05, 0) is 30.2 Å². The number of anilines is 1. The first-order valence-corrected chi connectivity index (χ1v) is 7.25. The molecule has 1 N–H and O–H groups in total. The summed E-state index contributed by atoms with van der Waals surface area (Å²) in [6.45, 7) is 3.40. The maximum absolute atomic E-state index is 6.06. The van der Waals surface area contributed by atoms with Crippen molar-refractivity contribution in [2.45, 2.75) is 19.9 Å². The molecular formula is C16H19ClN2O2. The van der Waals surface area contributed by atoms with E-state index in [1.54, 1.807) is 19.5 Å². The second kappa shape index (κ2) is 7.74. The molecule has 0 fully saturated rings. The molecule has 0 saturated carbocycles. The summed E-state index contributed by atoms with van der Waals surface area (Å²) in [5.74, 6) is 1.51. The fourth-order valence-corrected chi connectivity index (χ4v) is 2.06. The van der Waals surface area contributed by atoms with E-state index in [1.165, 1.54) is 0 Å². The van der Waals surface area contributed by atoms with Gasteiger partial charge in [0.25, 0.3) is 0 Å². The lowest BCUT2D eigenvalue weighted by Crippen LogP contribution is -2.02. The second-order valence-electron chi connectivity index (χ2n) is 4.54. The van der Waals surface area contributed by atoms with Crippen molar-refractivity contribution in [3.05, 3.63) is 47.2 Å². The Kier molecular flexibility index (Phi) is 5.69. The smallest absolute Gasteiger partial charge is 0.161 e. The Morgan fingerprint density at radius 1 is 1.24 bits per heavy atom. The number of hydrogen-bond donors (Lipinski definition) is 1. The fourth-order valence-electron chi connectivity index (χ4n) is 1.87. The van der Waals surface area contributed by atoms with Crippen LogP contribution in [0.5, 0.6) is 11.5 Å². The maximum atomic E-state index is 6.06. The Morgan fingerprint density at radius 3 is 2.81 bits per heavy atom. The molecule has 0 saturated heterocycles. The lowest BCUT2D eigenvalue weighted by molar-refractivity contribution is 0.294. The van der Waals surface area contributed by atoms with E-state index < -0.39 is 0 Å². The number of methoxy groups -OCH3 is 1. The number of halogens is 1. The molecule has 4 nitrogen and oxygen atoms in total. The predicted octanol–water partition coefficient (Wildman–Crippen LogP) is 4.14. The molecule has 1 heterocycles. The van der Waals surface area contributed by atoms with Gasteiger partial charge >= 0.3 is 0 Å². The lowest BCUT2D eigenvalue weighted by atomic mass is 10.2. The van der Waals surface area contributed by atoms with Crippen molar-refractivity contribution in [2.75, 3.05) is 19.0 Å². The largest absolute Gasteiger partial charge is 0.493 e. The van der Waals surface area contributed by atoms with E-state index >= 15 is 0 Å². The Balaban J connectivity index is 2.05. The van der Waals surface area contributed by atoms with Gasteiger partial charge in [0.2, 0.25) is 0 Å². The number of aromatic nitrogens is 1. The fraction of sp³-hybridized carbons (Fsp3) is 0.312. The SMILES string of the molecule is CCCOc1ccc(CNc2ccncc2Cl)cc1OC. The Hall–Kier alpha value is -1.94. The van der Waals surface area contributed by atoms with Crippen LogP contribution in [0.4, 0.5) is 5.69 Å². The van der Waals surface area contributed by atoms with E-state index in [2.05, 4.69) is 17.2 Å². The molecule has 0 bridgehead atoms. The van der Waals surface area contributed by atoms with Crippen LogP contribution >= 0.6 is 11.6 Å². The van der Waals surface area contributed by atoms with Crippen molar-refractivity contribution in [1.29, 1.82) is 0 Å². The minimum atomic E-state index is 0.604. The van der Waals surface area contributed by atoms with Crippen molar-refractivity contribution in [3.63, 3.8) is 0 Å². The zero-order valence-corrected chi connectivity index (χ0v) is 13.0. The molecule has 1 aromatic heterocycles. The molecule has 112 valence electrons. The number of pyridine rings is 1. The van der Waals surface area contributed by atoms with Crippen LogP contribution in [0.3, 0.4) is 0 Å². The first-order valence-electron chi connectivity index (χ1n) is 6.87. The van der Waals surface area contributed by atoms with Gasteiger partial charge in [0, 0.05) is 18.9 Å². The van der Waals surface area contributed by atoms with Crippen LogP contribution in [0.25, 0.3) is 0 Å². The highest BCUT2D eigenvalue weighted by molar-refractivity contribution is 6.33. The third-order valence-electron chi connectivity index (χ3n) is 2.95. The quantitative estimate of drug-likeness (QED) is 0.834. The van der Waals surface area contributed by atoms with Crippen LogP contribution in [0.1, 0.15) is 18.9 Å². The predicted molar refractivity (Wildman–Crippen MR) is 85.4 cm³/mol. The van der Waals surface area contributed by atoms with Gasteiger partial charge < -0.3 is 14.8 Å². The average Bonchev–Trinajstić information content (AvgIpc) is 2.52. The first kappa shape index (κ1) is 15.4. The van der Waals surface area contributed by atoms with E-state index in [0.29, 0.717) is 18.2 Å². The number of benzene rings is 1. The van der Waals surface area contributed by atoms with Gasteiger partial charge in [-0.15, -0.1) is 0 Å². The van der Waals surface area contributed by atoms with Crippen LogP contribution in [0.2, 0.25) is 5.02 Å². The summed E-state index contributed by atoms with van der Waals surface area (Å²) in [5.41, 5.74) is 1.94. The van der Waals surface area contributed by atoms with E-state index in [0.717, 1.165) is 29.2 Å². The normalized spacial score (nSPS) is 10.2. The van der Waals surface area contributed by atoms with Crippen molar-refractivity contribution >= 4 is 17.3 Å². The van der Waals surface area contributed by atoms with E-state index in [-0.39, 0.29) is 0 Å². The van der Waals surface area contributed by atoms with Crippen LogP contribution in [-0.4, -0.2) is 18.7 Å². The minimum Gasteiger partial charge on any atom is -0.493 e. The van der Waals surface area contributed by atoms with Gasteiger partial charge in [-0.1, -0.05) is 24.6 Å². The molecule has 0 aliphatic rings. The van der Waals surface area contributed by atoms with Crippen molar-refractivity contribution in [3.8, 4) is 11.5 Å². The molecular weight excluding hydrogens is 288 g/mol. The van der Waals surface area contributed by atoms with E-state index in [9.17, 15) is 0 Å². The summed E-state index contributed by atoms with van der Waals surface area (Å²) >= 11 is 6.06. The van der Waals surface area contributed by atoms with Gasteiger partial charge in [0.05, 0.1) is 24.4 Å². The van der Waals surface area contributed by atoms with Gasteiger partial charge in [-0.2, -0.15) is 0 Å². The molecule has 2 aromatic rings. The van der Waals surface area contributed by atoms with Crippen LogP contribution in [0.15, 0.2) is 36.7 Å². The molecule has 0 radical (unpaired) electrons. The zero-order valence-electron chi connectivity index (χ0n) is 12.2. The molecule has 2 rings (SSSR count). The summed E-state index contributed by atoms with van der Waals surface area (Å²) in [7, 11) is 1.64. The molecule has 0 aliphatic carbocycles. The van der Waals surface area contributed by atoms with Crippen LogP contribution < -0.4 is 14.8 Å². The number of rotatable bonds is 7. The topological polar surface area (TPSA) is 43.4 Å². The Morgan fingerprint density at radius 2 is 2.10 bits per heavy atom. The van der Waals surface area contributed by atoms with Crippen molar-refractivity contribution < 1.29 is 9.47 Å². The number of nitrogens with one attached hydrogen (secondary N) is 1. The second-order valence-corrected chi connectivity index (χ2v) is 4.95. The van der Waals surface area contributed by atoms with E-state index in [1.807, 2.05) is 24.3 Å². The molecule has 0 unspecified atom stereocenters. The number of nitrogens with zero attached hydrogens (tertiary/aromatic N) is 1. The zero-order chi connectivity index (χ0) is 15.1.